The number of amides is 2. The highest BCUT2D eigenvalue weighted by atomic mass is 28.4. The number of nitrogens with zero attached hydrogens (tertiary/aromatic N) is 1. The highest BCUT2D eigenvalue weighted by Crippen LogP contribution is 2.41. The lowest BCUT2D eigenvalue weighted by Crippen LogP contribution is -2.55. The summed E-state index contributed by atoms with van der Waals surface area (Å²) in [5.41, 5.74) is -0.994. The van der Waals surface area contributed by atoms with Crippen molar-refractivity contribution in [2.24, 2.45) is 11.3 Å². The molecule has 0 aromatic heterocycles. The molecular formula is C19H35NO4Si. The Kier molecular flexibility index (Phi) is 6.33. The van der Waals surface area contributed by atoms with Crippen molar-refractivity contribution in [1.29, 1.82) is 0 Å². The summed E-state index contributed by atoms with van der Waals surface area (Å²) in [6.07, 6.45) is 0.645. The molecule has 3 unspecified atom stereocenters. The summed E-state index contributed by atoms with van der Waals surface area (Å²) < 4.78 is 11.6. The summed E-state index contributed by atoms with van der Waals surface area (Å²) in [6.45, 7) is 22.5. The second-order valence-electron chi connectivity index (χ2n) is 9.07. The lowest BCUT2D eigenvalue weighted by molar-refractivity contribution is -0.141. The van der Waals surface area contributed by atoms with Gasteiger partial charge < -0.3 is 9.16 Å². The van der Waals surface area contributed by atoms with Crippen LogP contribution in [0.15, 0.2) is 12.7 Å². The van der Waals surface area contributed by atoms with E-state index in [4.69, 9.17) is 9.16 Å². The van der Waals surface area contributed by atoms with E-state index in [0.29, 0.717) is 0 Å². The van der Waals surface area contributed by atoms with Crippen LogP contribution >= 0.6 is 0 Å². The average molecular weight is 370 g/mol. The smallest absolute Gasteiger partial charge is 0.417 e. The molecule has 0 spiro atoms. The molecule has 6 heteroatoms. The number of cyclic esters (lactones) is 1. The first-order chi connectivity index (χ1) is 11.2. The van der Waals surface area contributed by atoms with Gasteiger partial charge in [0.25, 0.3) is 0 Å². The minimum Gasteiger partial charge on any atom is -0.447 e. The lowest BCUT2D eigenvalue weighted by atomic mass is 9.83. The molecule has 1 aliphatic heterocycles. The van der Waals surface area contributed by atoms with Gasteiger partial charge in [0.1, 0.15) is 6.61 Å². The van der Waals surface area contributed by atoms with Crippen LogP contribution in [0.3, 0.4) is 0 Å². The average Bonchev–Trinajstić information content (AvgIpc) is 2.85. The predicted octanol–water partition coefficient (Wildman–Crippen LogP) is 4.59. The molecule has 0 saturated carbocycles. The van der Waals surface area contributed by atoms with Gasteiger partial charge in [-0.2, -0.15) is 0 Å². The Labute approximate surface area is 153 Å². The van der Waals surface area contributed by atoms with Gasteiger partial charge in [-0.1, -0.05) is 40.7 Å². The van der Waals surface area contributed by atoms with E-state index < -0.39 is 19.8 Å². The zero-order valence-electron chi connectivity index (χ0n) is 17.3. The van der Waals surface area contributed by atoms with Gasteiger partial charge in [0.05, 0.1) is 17.6 Å². The molecule has 3 atom stereocenters. The van der Waals surface area contributed by atoms with Crippen molar-refractivity contribution in [3.05, 3.63) is 12.7 Å². The summed E-state index contributed by atoms with van der Waals surface area (Å²) in [5.74, 6) is -0.170. The third kappa shape index (κ3) is 4.17. The normalized spacial score (nSPS) is 22.6. The zero-order valence-corrected chi connectivity index (χ0v) is 18.3. The van der Waals surface area contributed by atoms with E-state index >= 15 is 0 Å². The summed E-state index contributed by atoms with van der Waals surface area (Å²) >= 11 is 0. The molecule has 1 rings (SSSR count). The maximum absolute atomic E-state index is 13.3. The van der Waals surface area contributed by atoms with Gasteiger partial charge in [0.15, 0.2) is 8.32 Å². The number of carbonyl (C=O) groups excluding carboxylic acids is 2. The minimum absolute atomic E-state index is 0.0272. The molecule has 1 saturated heterocycles. The largest absolute Gasteiger partial charge is 0.447 e. The maximum Gasteiger partial charge on any atom is 0.417 e. The fourth-order valence-corrected chi connectivity index (χ4v) is 4.07. The number of carbonyl (C=O) groups is 2. The summed E-state index contributed by atoms with van der Waals surface area (Å²) in [4.78, 5) is 26.7. The fourth-order valence-electron chi connectivity index (χ4n) is 2.59. The number of hydrogen-bond donors (Lipinski definition) is 0. The molecule has 144 valence electrons. The van der Waals surface area contributed by atoms with Crippen molar-refractivity contribution in [2.75, 3.05) is 6.61 Å². The molecule has 1 fully saturated rings. The zero-order chi connectivity index (χ0) is 19.8. The Morgan fingerprint density at radius 1 is 1.32 bits per heavy atom. The van der Waals surface area contributed by atoms with Gasteiger partial charge in [-0.05, 0) is 37.9 Å². The first kappa shape index (κ1) is 21.9. The fraction of sp³-hybridized carbons (Fsp3) is 0.789. The van der Waals surface area contributed by atoms with Crippen molar-refractivity contribution in [3.63, 3.8) is 0 Å². The number of imide groups is 1. The van der Waals surface area contributed by atoms with Crippen LogP contribution in [0, 0.1) is 11.3 Å². The quantitative estimate of drug-likeness (QED) is 0.507. The molecule has 0 bridgehead atoms. The van der Waals surface area contributed by atoms with Gasteiger partial charge in [-0.15, -0.1) is 6.58 Å². The summed E-state index contributed by atoms with van der Waals surface area (Å²) in [7, 11) is -2.07. The van der Waals surface area contributed by atoms with E-state index in [-0.39, 0.29) is 35.6 Å². The van der Waals surface area contributed by atoms with Gasteiger partial charge in [0, 0.05) is 0 Å². The highest BCUT2D eigenvalue weighted by molar-refractivity contribution is 6.74. The molecular weight excluding hydrogens is 334 g/mol. The predicted molar refractivity (Wildman–Crippen MR) is 103 cm³/mol. The molecule has 5 nitrogen and oxygen atoms in total. The van der Waals surface area contributed by atoms with Crippen LogP contribution in [0.4, 0.5) is 4.79 Å². The van der Waals surface area contributed by atoms with Gasteiger partial charge in [0.2, 0.25) is 5.91 Å². The van der Waals surface area contributed by atoms with Gasteiger partial charge >= 0.3 is 6.09 Å². The first-order valence-corrected chi connectivity index (χ1v) is 11.9. The van der Waals surface area contributed by atoms with Crippen molar-refractivity contribution < 1.29 is 18.8 Å². The molecule has 0 N–H and O–H groups in total. The van der Waals surface area contributed by atoms with E-state index in [1.165, 1.54) is 4.90 Å². The number of hydrogen-bond acceptors (Lipinski definition) is 4. The van der Waals surface area contributed by atoms with Crippen LogP contribution in [0.25, 0.3) is 0 Å². The summed E-state index contributed by atoms with van der Waals surface area (Å²) in [5, 5.41) is 0.0272. The van der Waals surface area contributed by atoms with Gasteiger partial charge in [-0.3, -0.25) is 4.79 Å². The maximum atomic E-state index is 13.3. The van der Waals surface area contributed by atoms with Crippen LogP contribution in [-0.4, -0.2) is 44.0 Å². The van der Waals surface area contributed by atoms with Crippen LogP contribution in [-0.2, 0) is 14.0 Å². The third-order valence-corrected chi connectivity index (χ3v) is 10.5. The molecule has 0 aromatic rings. The van der Waals surface area contributed by atoms with Crippen LogP contribution in [0.1, 0.15) is 48.5 Å². The minimum atomic E-state index is -2.07. The van der Waals surface area contributed by atoms with Crippen LogP contribution < -0.4 is 0 Å². The Morgan fingerprint density at radius 3 is 2.24 bits per heavy atom. The molecule has 25 heavy (non-hydrogen) atoms. The molecule has 1 heterocycles. The lowest BCUT2D eigenvalue weighted by Gasteiger charge is -2.43. The monoisotopic (exact) mass is 369 g/mol. The van der Waals surface area contributed by atoms with E-state index in [1.54, 1.807) is 13.0 Å². The first-order valence-electron chi connectivity index (χ1n) is 9.01. The highest BCUT2D eigenvalue weighted by Gasteiger charge is 2.50. The van der Waals surface area contributed by atoms with Crippen molar-refractivity contribution in [2.45, 2.75) is 78.7 Å². The second-order valence-corrected chi connectivity index (χ2v) is 13.8. The Hall–Kier alpha value is -1.14. The van der Waals surface area contributed by atoms with Crippen LogP contribution in [0.5, 0.6) is 0 Å². The SMILES string of the molecule is C=CC(C)(C(=O)N1C(=O)OCC1C(C)C)C(C)O[Si](C)(C)C(C)(C)C. The topological polar surface area (TPSA) is 55.8 Å². The summed E-state index contributed by atoms with van der Waals surface area (Å²) in [6, 6.07) is -0.251. The Bertz CT molecular complexity index is 538. The van der Waals surface area contributed by atoms with E-state index in [2.05, 4.69) is 40.4 Å². The Balaban J connectivity index is 3.14. The van der Waals surface area contributed by atoms with Gasteiger partial charge in [-0.25, -0.2) is 9.69 Å². The molecule has 1 aliphatic rings. The van der Waals surface area contributed by atoms with E-state index in [0.717, 1.165) is 0 Å². The third-order valence-electron chi connectivity index (χ3n) is 5.90. The van der Waals surface area contributed by atoms with E-state index in [9.17, 15) is 9.59 Å². The number of rotatable bonds is 6. The molecule has 0 radical (unpaired) electrons. The van der Waals surface area contributed by atoms with Crippen molar-refractivity contribution >= 4 is 20.3 Å². The molecule has 0 aliphatic carbocycles. The Morgan fingerprint density at radius 2 is 1.84 bits per heavy atom. The van der Waals surface area contributed by atoms with Crippen LogP contribution in [0.2, 0.25) is 18.1 Å². The van der Waals surface area contributed by atoms with E-state index in [1.807, 2.05) is 20.8 Å². The van der Waals surface area contributed by atoms with Crippen molar-refractivity contribution in [1.82, 2.24) is 4.90 Å². The second kappa shape index (κ2) is 7.23. The van der Waals surface area contributed by atoms with Crippen molar-refractivity contribution in [3.8, 4) is 0 Å². The molecule has 2 amide bonds. The number of ether oxygens (including phenoxy) is 1. The molecule has 0 aromatic carbocycles. The standard InChI is InChI=1S/C19H35NO4Si/c1-11-19(8,14(4)24-25(9,10)18(5,6)7)16(21)20-15(13(2)3)12-23-17(20)22/h11,13-15H,1,12H2,2-10H3.